The lowest BCUT2D eigenvalue weighted by atomic mass is 9.75. The fourth-order valence-electron chi connectivity index (χ4n) is 3.46. The van der Waals surface area contributed by atoms with Crippen LogP contribution in [-0.4, -0.2) is 19.1 Å². The van der Waals surface area contributed by atoms with Crippen LogP contribution in [0.5, 0.6) is 0 Å². The molecular formula is C19H32N2. The molecule has 1 unspecified atom stereocenters. The first-order chi connectivity index (χ1) is 9.78. The Hall–Kier alpha value is -1.02. The summed E-state index contributed by atoms with van der Waals surface area (Å²) >= 11 is 0. The van der Waals surface area contributed by atoms with E-state index in [2.05, 4.69) is 57.8 Å². The average molecular weight is 288 g/mol. The molecule has 21 heavy (non-hydrogen) atoms. The predicted molar refractivity (Wildman–Crippen MR) is 93.0 cm³/mol. The molecule has 0 saturated heterocycles. The summed E-state index contributed by atoms with van der Waals surface area (Å²) < 4.78 is 0. The number of rotatable bonds is 4. The number of hydrogen-bond donors (Lipinski definition) is 1. The molecule has 0 aliphatic heterocycles. The highest BCUT2D eigenvalue weighted by Crippen LogP contribution is 2.37. The maximum Gasteiger partial charge on any atom is 0.0368 e. The van der Waals surface area contributed by atoms with Crippen molar-refractivity contribution in [2.75, 3.05) is 11.9 Å². The molecule has 0 amide bonds. The van der Waals surface area contributed by atoms with Crippen LogP contribution in [0.1, 0.15) is 57.6 Å². The molecule has 0 bridgehead atoms. The molecule has 2 heteroatoms. The van der Waals surface area contributed by atoms with Gasteiger partial charge in [-0.15, -0.1) is 0 Å². The van der Waals surface area contributed by atoms with Gasteiger partial charge in [-0.05, 0) is 74.6 Å². The van der Waals surface area contributed by atoms with E-state index in [1.807, 2.05) is 0 Å². The maximum atomic E-state index is 5.92. The van der Waals surface area contributed by atoms with Crippen molar-refractivity contribution in [3.05, 3.63) is 29.3 Å². The molecule has 0 radical (unpaired) electrons. The summed E-state index contributed by atoms with van der Waals surface area (Å²) in [6, 6.07) is 7.78. The summed E-state index contributed by atoms with van der Waals surface area (Å²) in [7, 11) is 2.25. The second-order valence-corrected chi connectivity index (χ2v) is 7.80. The normalized spacial score (nSPS) is 20.3. The van der Waals surface area contributed by atoms with Crippen LogP contribution in [0.15, 0.2) is 18.2 Å². The van der Waals surface area contributed by atoms with Gasteiger partial charge in [0, 0.05) is 24.8 Å². The van der Waals surface area contributed by atoms with Crippen LogP contribution in [0.4, 0.5) is 5.69 Å². The standard InChI is InChI=1S/C19H32N2/c1-14-12-18(7-6-16(14)13-15(2)20)21(5)17-8-10-19(3,4)11-9-17/h6-7,12,15,17H,8-11,13,20H2,1-5H3. The van der Waals surface area contributed by atoms with Crippen LogP contribution >= 0.6 is 0 Å². The van der Waals surface area contributed by atoms with Crippen molar-refractivity contribution in [1.82, 2.24) is 0 Å². The van der Waals surface area contributed by atoms with E-state index in [4.69, 9.17) is 5.73 Å². The highest BCUT2D eigenvalue weighted by molar-refractivity contribution is 5.51. The minimum atomic E-state index is 0.229. The highest BCUT2D eigenvalue weighted by Gasteiger charge is 2.28. The molecule has 2 N–H and O–H groups in total. The second kappa shape index (κ2) is 6.39. The van der Waals surface area contributed by atoms with Crippen molar-refractivity contribution in [2.24, 2.45) is 11.1 Å². The summed E-state index contributed by atoms with van der Waals surface area (Å²) in [5, 5.41) is 0. The Balaban J connectivity index is 2.06. The molecule has 1 fully saturated rings. The first-order valence-electron chi connectivity index (χ1n) is 8.36. The van der Waals surface area contributed by atoms with Gasteiger partial charge in [0.25, 0.3) is 0 Å². The molecule has 0 spiro atoms. The van der Waals surface area contributed by atoms with Gasteiger partial charge in [-0.1, -0.05) is 19.9 Å². The second-order valence-electron chi connectivity index (χ2n) is 7.80. The molecule has 1 atom stereocenters. The van der Waals surface area contributed by atoms with Crippen molar-refractivity contribution in [3.8, 4) is 0 Å². The number of anilines is 1. The number of nitrogens with two attached hydrogens (primary N) is 1. The van der Waals surface area contributed by atoms with Crippen LogP contribution in [0, 0.1) is 12.3 Å². The van der Waals surface area contributed by atoms with Gasteiger partial charge < -0.3 is 10.6 Å². The third-order valence-corrected chi connectivity index (χ3v) is 5.13. The molecule has 2 nitrogen and oxygen atoms in total. The van der Waals surface area contributed by atoms with E-state index in [9.17, 15) is 0 Å². The lowest BCUT2D eigenvalue weighted by Gasteiger charge is -2.39. The molecule has 1 aromatic carbocycles. The third kappa shape index (κ3) is 4.23. The van der Waals surface area contributed by atoms with Gasteiger partial charge in [-0.25, -0.2) is 0 Å². The van der Waals surface area contributed by atoms with E-state index >= 15 is 0 Å². The number of benzene rings is 1. The van der Waals surface area contributed by atoms with Crippen molar-refractivity contribution >= 4 is 5.69 Å². The number of aryl methyl sites for hydroxylation is 1. The molecule has 118 valence electrons. The molecule has 1 aliphatic carbocycles. The Morgan fingerprint density at radius 1 is 1.29 bits per heavy atom. The van der Waals surface area contributed by atoms with Crippen molar-refractivity contribution in [2.45, 2.75) is 71.9 Å². The van der Waals surface area contributed by atoms with Crippen LogP contribution in [0.3, 0.4) is 0 Å². The van der Waals surface area contributed by atoms with Crippen molar-refractivity contribution < 1.29 is 0 Å². The summed E-state index contributed by atoms with van der Waals surface area (Å²) in [5.74, 6) is 0. The molecule has 1 aliphatic rings. The lowest BCUT2D eigenvalue weighted by molar-refractivity contribution is 0.222. The van der Waals surface area contributed by atoms with Crippen LogP contribution in [0.25, 0.3) is 0 Å². The van der Waals surface area contributed by atoms with E-state index < -0.39 is 0 Å². The lowest BCUT2D eigenvalue weighted by Crippen LogP contribution is -2.37. The van der Waals surface area contributed by atoms with E-state index in [1.54, 1.807) is 0 Å². The fraction of sp³-hybridized carbons (Fsp3) is 0.684. The number of nitrogens with zero attached hydrogens (tertiary/aromatic N) is 1. The smallest absolute Gasteiger partial charge is 0.0368 e. The van der Waals surface area contributed by atoms with Gasteiger partial charge in [0.15, 0.2) is 0 Å². The topological polar surface area (TPSA) is 29.3 Å². The Kier molecular flexibility index (Phi) is 4.98. The van der Waals surface area contributed by atoms with Crippen molar-refractivity contribution in [3.63, 3.8) is 0 Å². The van der Waals surface area contributed by atoms with Gasteiger partial charge >= 0.3 is 0 Å². The van der Waals surface area contributed by atoms with Gasteiger partial charge in [0.1, 0.15) is 0 Å². The van der Waals surface area contributed by atoms with Crippen LogP contribution in [-0.2, 0) is 6.42 Å². The SMILES string of the molecule is Cc1cc(N(C)C2CCC(C)(C)CC2)ccc1CC(C)N. The molecular weight excluding hydrogens is 256 g/mol. The first kappa shape index (κ1) is 16.4. The zero-order valence-electron chi connectivity index (χ0n) is 14.4. The van der Waals surface area contributed by atoms with Gasteiger partial charge in [0.05, 0.1) is 0 Å². The molecule has 0 aromatic heterocycles. The monoisotopic (exact) mass is 288 g/mol. The maximum absolute atomic E-state index is 5.92. The Bertz CT molecular complexity index is 466. The summed E-state index contributed by atoms with van der Waals surface area (Å²) in [5.41, 5.74) is 10.6. The van der Waals surface area contributed by atoms with Crippen LogP contribution in [0.2, 0.25) is 0 Å². The van der Waals surface area contributed by atoms with Gasteiger partial charge in [-0.2, -0.15) is 0 Å². The zero-order chi connectivity index (χ0) is 15.6. The van der Waals surface area contributed by atoms with E-state index in [0.717, 1.165) is 6.42 Å². The minimum Gasteiger partial charge on any atom is -0.372 e. The molecule has 1 aromatic rings. The molecule has 2 rings (SSSR count). The van der Waals surface area contributed by atoms with E-state index in [1.165, 1.54) is 42.5 Å². The predicted octanol–water partition coefficient (Wildman–Crippen LogP) is 4.29. The van der Waals surface area contributed by atoms with E-state index in [-0.39, 0.29) is 6.04 Å². The Morgan fingerprint density at radius 3 is 2.43 bits per heavy atom. The minimum absolute atomic E-state index is 0.229. The first-order valence-corrected chi connectivity index (χ1v) is 8.36. The quantitative estimate of drug-likeness (QED) is 0.895. The van der Waals surface area contributed by atoms with Crippen LogP contribution < -0.4 is 10.6 Å². The molecule has 1 saturated carbocycles. The Morgan fingerprint density at radius 2 is 1.90 bits per heavy atom. The number of hydrogen-bond acceptors (Lipinski definition) is 2. The highest BCUT2D eigenvalue weighted by atomic mass is 15.1. The van der Waals surface area contributed by atoms with E-state index in [0.29, 0.717) is 11.5 Å². The summed E-state index contributed by atoms with van der Waals surface area (Å²) in [4.78, 5) is 2.48. The Labute approximate surface area is 130 Å². The average Bonchev–Trinajstić information content (AvgIpc) is 2.40. The summed E-state index contributed by atoms with van der Waals surface area (Å²) in [6.45, 7) is 9.08. The molecule has 0 heterocycles. The largest absolute Gasteiger partial charge is 0.372 e. The van der Waals surface area contributed by atoms with Crippen molar-refractivity contribution in [1.29, 1.82) is 0 Å². The zero-order valence-corrected chi connectivity index (χ0v) is 14.4. The van der Waals surface area contributed by atoms with Gasteiger partial charge in [-0.3, -0.25) is 0 Å². The third-order valence-electron chi connectivity index (χ3n) is 5.13. The summed E-state index contributed by atoms with van der Waals surface area (Å²) in [6.07, 6.45) is 6.26. The fourth-order valence-corrected chi connectivity index (χ4v) is 3.46. The van der Waals surface area contributed by atoms with Gasteiger partial charge in [0.2, 0.25) is 0 Å².